The Bertz CT molecular complexity index is 540. The zero-order valence-corrected chi connectivity index (χ0v) is 11.4. The van der Waals surface area contributed by atoms with Crippen LogP contribution in [0.25, 0.3) is 0 Å². The largest absolute Gasteiger partial charge is 0.310 e. The van der Waals surface area contributed by atoms with E-state index in [2.05, 4.69) is 36.5 Å². The van der Waals surface area contributed by atoms with Crippen molar-refractivity contribution in [1.82, 2.24) is 20.0 Å². The molecule has 2 aromatic rings. The fraction of sp³-hybridized carbons (Fsp3) is 0.273. The highest BCUT2D eigenvalue weighted by Gasteiger charge is 2.06. The minimum absolute atomic E-state index is 0.0941. The van der Waals surface area contributed by atoms with Crippen LogP contribution in [0.4, 0.5) is 5.82 Å². The Hall–Kier alpha value is -1.76. The van der Waals surface area contributed by atoms with Crippen molar-refractivity contribution in [3.05, 3.63) is 34.7 Å². The van der Waals surface area contributed by atoms with E-state index in [1.165, 1.54) is 0 Å². The Balaban J connectivity index is 1.91. The minimum atomic E-state index is -0.0941. The molecule has 0 unspecified atom stereocenters. The van der Waals surface area contributed by atoms with Crippen LogP contribution in [0.3, 0.4) is 0 Å². The fourth-order valence-corrected chi connectivity index (χ4v) is 1.88. The summed E-state index contributed by atoms with van der Waals surface area (Å²) in [6.07, 6.45) is 5.29. The van der Waals surface area contributed by atoms with E-state index in [-0.39, 0.29) is 5.91 Å². The first-order valence-electron chi connectivity index (χ1n) is 5.41. The Morgan fingerprint density at radius 3 is 3.06 bits per heavy atom. The van der Waals surface area contributed by atoms with Gasteiger partial charge in [0, 0.05) is 23.3 Å². The number of hydrogen-bond donors (Lipinski definition) is 1. The van der Waals surface area contributed by atoms with Crippen molar-refractivity contribution >= 4 is 27.7 Å². The molecule has 0 bridgehead atoms. The van der Waals surface area contributed by atoms with Crippen molar-refractivity contribution < 1.29 is 4.79 Å². The summed E-state index contributed by atoms with van der Waals surface area (Å²) in [7, 11) is 0. The molecule has 0 saturated heterocycles. The van der Waals surface area contributed by atoms with Gasteiger partial charge in [-0.15, -0.1) is 5.10 Å². The predicted octanol–water partition coefficient (Wildman–Crippen LogP) is 1.77. The van der Waals surface area contributed by atoms with E-state index < -0.39 is 0 Å². The van der Waals surface area contributed by atoms with Crippen LogP contribution in [0.2, 0.25) is 0 Å². The lowest BCUT2D eigenvalue weighted by atomic mass is 10.3. The van der Waals surface area contributed by atoms with Crippen molar-refractivity contribution in [2.75, 3.05) is 5.32 Å². The summed E-state index contributed by atoms with van der Waals surface area (Å²) >= 11 is 3.33. The topological polar surface area (TPSA) is 72.7 Å². The zero-order valence-electron chi connectivity index (χ0n) is 9.80. The summed E-state index contributed by atoms with van der Waals surface area (Å²) in [5.74, 6) is 0.491. The Morgan fingerprint density at radius 1 is 1.56 bits per heavy atom. The normalized spacial score (nSPS) is 10.3. The molecule has 0 aromatic carbocycles. The number of hydrogen-bond acceptors (Lipinski definition) is 4. The molecule has 1 N–H and O–H groups in total. The van der Waals surface area contributed by atoms with Crippen LogP contribution in [0.5, 0.6) is 0 Å². The van der Waals surface area contributed by atoms with Crippen LogP contribution in [-0.4, -0.2) is 25.9 Å². The van der Waals surface area contributed by atoms with Gasteiger partial charge in [0.2, 0.25) is 5.91 Å². The van der Waals surface area contributed by atoms with Crippen LogP contribution in [-0.2, 0) is 11.3 Å². The number of nitrogens with zero attached hydrogens (tertiary/aromatic N) is 4. The molecule has 0 aliphatic rings. The first-order valence-corrected chi connectivity index (χ1v) is 6.20. The average molecular weight is 310 g/mol. The molecule has 0 aliphatic carbocycles. The van der Waals surface area contributed by atoms with Gasteiger partial charge >= 0.3 is 0 Å². The highest BCUT2D eigenvalue weighted by Crippen LogP contribution is 2.16. The summed E-state index contributed by atoms with van der Waals surface area (Å²) in [5.41, 5.74) is 0.915. The highest BCUT2D eigenvalue weighted by molar-refractivity contribution is 9.10. The fourth-order valence-electron chi connectivity index (χ4n) is 1.43. The van der Waals surface area contributed by atoms with Crippen LogP contribution in [0, 0.1) is 6.92 Å². The van der Waals surface area contributed by atoms with E-state index in [9.17, 15) is 4.79 Å². The average Bonchev–Trinajstić information content (AvgIpc) is 2.83. The van der Waals surface area contributed by atoms with Crippen LogP contribution < -0.4 is 5.32 Å². The molecule has 6 nitrogen and oxygen atoms in total. The molecule has 2 rings (SSSR count). The van der Waals surface area contributed by atoms with E-state index in [0.29, 0.717) is 18.8 Å². The van der Waals surface area contributed by atoms with Crippen LogP contribution in [0.15, 0.2) is 29.1 Å². The molecule has 0 fully saturated rings. The molecular formula is C11H12BrN5O. The number of carbonyl (C=O) groups is 1. The van der Waals surface area contributed by atoms with Crippen molar-refractivity contribution in [2.45, 2.75) is 19.9 Å². The lowest BCUT2D eigenvalue weighted by molar-refractivity contribution is -0.116. The van der Waals surface area contributed by atoms with Gasteiger partial charge in [-0.2, -0.15) is 0 Å². The first kappa shape index (κ1) is 12.7. The third-order valence-electron chi connectivity index (χ3n) is 2.34. The van der Waals surface area contributed by atoms with E-state index in [4.69, 9.17) is 0 Å². The zero-order chi connectivity index (χ0) is 13.0. The van der Waals surface area contributed by atoms with Crippen LogP contribution >= 0.6 is 15.9 Å². The Kier molecular flexibility index (Phi) is 4.03. The molecule has 94 valence electrons. The van der Waals surface area contributed by atoms with Gasteiger partial charge < -0.3 is 5.32 Å². The van der Waals surface area contributed by atoms with Gasteiger partial charge in [0.05, 0.1) is 12.7 Å². The van der Waals surface area contributed by atoms with Crippen molar-refractivity contribution in [2.24, 2.45) is 0 Å². The molecule has 0 radical (unpaired) electrons. The molecule has 2 aromatic heterocycles. The third-order valence-corrected chi connectivity index (χ3v) is 2.78. The number of rotatable bonds is 4. The number of aromatic nitrogens is 4. The number of halogens is 1. The van der Waals surface area contributed by atoms with Crippen LogP contribution in [0.1, 0.15) is 12.0 Å². The van der Waals surface area contributed by atoms with Crippen molar-refractivity contribution in [3.8, 4) is 0 Å². The molecule has 0 aliphatic heterocycles. The number of nitrogens with one attached hydrogen (secondary N) is 1. The second kappa shape index (κ2) is 5.72. The second-order valence-corrected chi connectivity index (χ2v) is 4.70. The van der Waals surface area contributed by atoms with Gasteiger partial charge in [0.15, 0.2) is 0 Å². The highest BCUT2D eigenvalue weighted by atomic mass is 79.9. The molecule has 0 atom stereocenters. The molecule has 7 heteroatoms. The molecular weight excluding hydrogens is 298 g/mol. The number of aryl methyl sites for hydroxylation is 2. The van der Waals surface area contributed by atoms with Gasteiger partial charge in [-0.1, -0.05) is 5.21 Å². The molecule has 0 spiro atoms. The quantitative estimate of drug-likeness (QED) is 0.934. The summed E-state index contributed by atoms with van der Waals surface area (Å²) in [4.78, 5) is 15.9. The SMILES string of the molecule is Cc1cc(Br)cnc1NC(=O)CCn1ccnn1. The van der Waals surface area contributed by atoms with E-state index in [1.807, 2.05) is 13.0 Å². The summed E-state index contributed by atoms with van der Waals surface area (Å²) < 4.78 is 2.50. The molecule has 0 saturated carbocycles. The summed E-state index contributed by atoms with van der Waals surface area (Å²) in [6.45, 7) is 2.40. The number of anilines is 1. The van der Waals surface area contributed by atoms with Gasteiger partial charge in [0.25, 0.3) is 0 Å². The summed E-state index contributed by atoms with van der Waals surface area (Å²) in [6, 6.07) is 1.90. The van der Waals surface area contributed by atoms with Gasteiger partial charge in [0.1, 0.15) is 5.82 Å². The van der Waals surface area contributed by atoms with Gasteiger partial charge in [-0.25, -0.2) is 4.98 Å². The molecule has 18 heavy (non-hydrogen) atoms. The standard InChI is InChI=1S/C11H12BrN5O/c1-8-6-9(12)7-13-11(8)15-10(18)2-4-17-5-3-14-16-17/h3,5-7H,2,4H2,1H3,(H,13,15,18). The van der Waals surface area contributed by atoms with Crippen molar-refractivity contribution in [1.29, 1.82) is 0 Å². The Labute approximate surface area is 113 Å². The van der Waals surface area contributed by atoms with E-state index >= 15 is 0 Å². The van der Waals surface area contributed by atoms with E-state index in [0.717, 1.165) is 10.0 Å². The molecule has 2 heterocycles. The maximum absolute atomic E-state index is 11.7. The predicted molar refractivity (Wildman–Crippen MR) is 69.9 cm³/mol. The molecule has 1 amide bonds. The second-order valence-electron chi connectivity index (χ2n) is 3.78. The van der Waals surface area contributed by atoms with Gasteiger partial charge in [-0.3, -0.25) is 9.48 Å². The number of carbonyl (C=O) groups excluding carboxylic acids is 1. The van der Waals surface area contributed by atoms with Crippen molar-refractivity contribution in [3.63, 3.8) is 0 Å². The van der Waals surface area contributed by atoms with E-state index in [1.54, 1.807) is 23.3 Å². The number of amides is 1. The summed E-state index contributed by atoms with van der Waals surface area (Å²) in [5, 5.41) is 10.2. The first-order chi connectivity index (χ1) is 8.65. The monoisotopic (exact) mass is 309 g/mol. The maximum atomic E-state index is 11.7. The lowest BCUT2D eigenvalue weighted by Crippen LogP contribution is -2.16. The third kappa shape index (κ3) is 3.36. The number of pyridine rings is 1. The smallest absolute Gasteiger partial charge is 0.227 e. The maximum Gasteiger partial charge on any atom is 0.227 e. The minimum Gasteiger partial charge on any atom is -0.310 e. The lowest BCUT2D eigenvalue weighted by Gasteiger charge is -2.07. The van der Waals surface area contributed by atoms with Gasteiger partial charge in [-0.05, 0) is 34.5 Å². The Morgan fingerprint density at radius 2 is 2.39 bits per heavy atom.